The zero-order chi connectivity index (χ0) is 20.5. The third kappa shape index (κ3) is 3.60. The number of ketones is 2. The molecule has 0 radical (unpaired) electrons. The van der Waals surface area contributed by atoms with Gasteiger partial charge in [0.05, 0.1) is 5.70 Å². The largest absolute Gasteiger partial charge is 0.355 e. The monoisotopic (exact) mass is 388 g/mol. The van der Waals surface area contributed by atoms with Gasteiger partial charge in [0.15, 0.2) is 0 Å². The number of anilines is 1. The molecule has 0 spiro atoms. The smallest absolute Gasteiger partial charge is 0.254 e. The van der Waals surface area contributed by atoms with Crippen LogP contribution in [-0.4, -0.2) is 34.5 Å². The second-order valence-electron chi connectivity index (χ2n) is 7.84. The fraction of sp³-hybridized carbons (Fsp3) is 0.292. The molecule has 1 N–H and O–H groups in total. The van der Waals surface area contributed by atoms with Crippen LogP contribution in [0.1, 0.15) is 59.4 Å². The summed E-state index contributed by atoms with van der Waals surface area (Å²) >= 11 is 0. The maximum absolute atomic E-state index is 13.0. The Hall–Kier alpha value is -3.21. The maximum Gasteiger partial charge on any atom is 0.254 e. The van der Waals surface area contributed by atoms with Crippen LogP contribution in [0.25, 0.3) is 5.70 Å². The lowest BCUT2D eigenvalue weighted by molar-refractivity contribution is -0.111. The zero-order valence-corrected chi connectivity index (χ0v) is 16.6. The van der Waals surface area contributed by atoms with Crippen molar-refractivity contribution in [2.24, 2.45) is 0 Å². The molecule has 2 atom stereocenters. The molecule has 148 valence electrons. The van der Waals surface area contributed by atoms with E-state index in [4.69, 9.17) is 0 Å². The van der Waals surface area contributed by atoms with Crippen molar-refractivity contribution in [2.75, 3.05) is 5.32 Å². The van der Waals surface area contributed by atoms with Crippen molar-refractivity contribution in [3.05, 3.63) is 71.3 Å². The lowest BCUT2D eigenvalue weighted by Crippen LogP contribution is -2.47. The standard InChI is InChI=1S/C24H24N2O3/c1-15-6-5-7-16(2)26(15)24(29)17-10-12-18(13-11-17)25-21-14-22(27)23(28)20-9-4-3-8-19(20)21/h3-4,8-16,25H,5-7H2,1-2H3/t15-,16-/m1/s1. The molecule has 5 nitrogen and oxygen atoms in total. The molecular weight excluding hydrogens is 364 g/mol. The van der Waals surface area contributed by atoms with Crippen LogP contribution in [0.3, 0.4) is 0 Å². The number of rotatable bonds is 3. The van der Waals surface area contributed by atoms with E-state index in [1.807, 2.05) is 29.2 Å². The van der Waals surface area contributed by atoms with E-state index in [0.29, 0.717) is 22.4 Å². The third-order valence-electron chi connectivity index (χ3n) is 5.80. The summed E-state index contributed by atoms with van der Waals surface area (Å²) in [7, 11) is 0. The van der Waals surface area contributed by atoms with Gasteiger partial charge in [-0.25, -0.2) is 0 Å². The van der Waals surface area contributed by atoms with Crippen LogP contribution in [0.5, 0.6) is 0 Å². The van der Waals surface area contributed by atoms with Crippen molar-refractivity contribution in [3.63, 3.8) is 0 Å². The zero-order valence-electron chi connectivity index (χ0n) is 16.6. The van der Waals surface area contributed by atoms with Crippen LogP contribution < -0.4 is 5.32 Å². The molecule has 4 rings (SSSR count). The Bertz CT molecular complexity index is 997. The van der Waals surface area contributed by atoms with Gasteiger partial charge >= 0.3 is 0 Å². The minimum Gasteiger partial charge on any atom is -0.355 e. The highest BCUT2D eigenvalue weighted by molar-refractivity contribution is 6.50. The molecule has 1 amide bonds. The fourth-order valence-electron chi connectivity index (χ4n) is 4.25. The quantitative estimate of drug-likeness (QED) is 0.796. The summed E-state index contributed by atoms with van der Waals surface area (Å²) in [5.41, 5.74) is 3.10. The SMILES string of the molecule is C[C@@H]1CCC[C@@H](C)N1C(=O)c1ccc(NC2=CC(=O)C(=O)c3ccccc32)cc1. The first-order valence-electron chi connectivity index (χ1n) is 10.0. The van der Waals surface area contributed by atoms with Gasteiger partial charge in [0.1, 0.15) is 0 Å². The molecule has 1 saturated heterocycles. The molecule has 1 fully saturated rings. The first kappa shape index (κ1) is 19.1. The van der Waals surface area contributed by atoms with Gasteiger partial charge in [-0.2, -0.15) is 0 Å². The molecule has 1 aliphatic heterocycles. The summed E-state index contributed by atoms with van der Waals surface area (Å²) in [5, 5.41) is 3.21. The summed E-state index contributed by atoms with van der Waals surface area (Å²) in [6.45, 7) is 4.21. The molecule has 0 unspecified atom stereocenters. The van der Waals surface area contributed by atoms with Crippen LogP contribution in [0.4, 0.5) is 5.69 Å². The van der Waals surface area contributed by atoms with E-state index in [2.05, 4.69) is 19.2 Å². The summed E-state index contributed by atoms with van der Waals surface area (Å²) in [6.07, 6.45) is 4.57. The van der Waals surface area contributed by atoms with E-state index in [1.54, 1.807) is 24.3 Å². The number of nitrogens with one attached hydrogen (secondary N) is 1. The topological polar surface area (TPSA) is 66.5 Å². The number of Topliss-reactive ketones (excluding diaryl/α,β-unsaturated/α-hetero) is 1. The fourth-order valence-corrected chi connectivity index (χ4v) is 4.25. The predicted molar refractivity (Wildman–Crippen MR) is 113 cm³/mol. The summed E-state index contributed by atoms with van der Waals surface area (Å²) < 4.78 is 0. The van der Waals surface area contributed by atoms with Crippen molar-refractivity contribution in [3.8, 4) is 0 Å². The predicted octanol–water partition coefficient (Wildman–Crippen LogP) is 4.31. The maximum atomic E-state index is 13.0. The number of benzene rings is 2. The van der Waals surface area contributed by atoms with E-state index >= 15 is 0 Å². The minimum atomic E-state index is -0.536. The highest BCUT2D eigenvalue weighted by Gasteiger charge is 2.29. The Morgan fingerprint density at radius 1 is 0.931 bits per heavy atom. The molecule has 2 aliphatic rings. The second kappa shape index (κ2) is 7.66. The highest BCUT2D eigenvalue weighted by atomic mass is 16.2. The number of piperidine rings is 1. The number of fused-ring (bicyclic) bond motifs is 1. The van der Waals surface area contributed by atoms with Gasteiger partial charge < -0.3 is 10.2 Å². The number of hydrogen-bond donors (Lipinski definition) is 1. The number of likely N-dealkylation sites (tertiary alicyclic amines) is 1. The first-order valence-corrected chi connectivity index (χ1v) is 10.0. The third-order valence-corrected chi connectivity index (χ3v) is 5.80. The van der Waals surface area contributed by atoms with E-state index in [-0.39, 0.29) is 18.0 Å². The van der Waals surface area contributed by atoms with Crippen molar-refractivity contribution >= 4 is 28.9 Å². The van der Waals surface area contributed by atoms with Crippen molar-refractivity contribution in [2.45, 2.75) is 45.2 Å². The van der Waals surface area contributed by atoms with Gasteiger partial charge in [0.25, 0.3) is 5.91 Å². The van der Waals surface area contributed by atoms with Gasteiger partial charge in [-0.3, -0.25) is 14.4 Å². The van der Waals surface area contributed by atoms with Crippen LogP contribution in [0.15, 0.2) is 54.6 Å². The summed E-state index contributed by atoms with van der Waals surface area (Å²) in [4.78, 5) is 39.1. The molecular formula is C24H24N2O3. The Labute approximate surface area is 170 Å². The highest BCUT2D eigenvalue weighted by Crippen LogP contribution is 2.28. The lowest BCUT2D eigenvalue weighted by Gasteiger charge is -2.39. The van der Waals surface area contributed by atoms with Gasteiger partial charge in [-0.15, -0.1) is 0 Å². The van der Waals surface area contributed by atoms with Crippen molar-refractivity contribution < 1.29 is 14.4 Å². The molecule has 0 bridgehead atoms. The minimum absolute atomic E-state index is 0.0549. The Morgan fingerprint density at radius 3 is 2.21 bits per heavy atom. The molecule has 29 heavy (non-hydrogen) atoms. The number of allylic oxidation sites excluding steroid dienone is 1. The van der Waals surface area contributed by atoms with Crippen LogP contribution in [-0.2, 0) is 4.79 Å². The molecule has 2 aromatic rings. The van der Waals surface area contributed by atoms with Crippen molar-refractivity contribution in [1.29, 1.82) is 0 Å². The van der Waals surface area contributed by atoms with E-state index in [9.17, 15) is 14.4 Å². The van der Waals surface area contributed by atoms with E-state index in [1.165, 1.54) is 6.08 Å². The van der Waals surface area contributed by atoms with E-state index in [0.717, 1.165) is 24.9 Å². The molecule has 0 aromatic heterocycles. The van der Waals surface area contributed by atoms with Gasteiger partial charge in [0, 0.05) is 40.5 Å². The van der Waals surface area contributed by atoms with E-state index < -0.39 is 11.6 Å². The number of carbonyl (C=O) groups excluding carboxylic acids is 3. The molecule has 0 saturated carbocycles. The summed E-state index contributed by atoms with van der Waals surface area (Å²) in [6, 6.07) is 14.8. The van der Waals surface area contributed by atoms with Crippen LogP contribution >= 0.6 is 0 Å². The number of nitrogens with zero attached hydrogens (tertiary/aromatic N) is 1. The van der Waals surface area contributed by atoms with Crippen LogP contribution in [0, 0.1) is 0 Å². The molecule has 2 aromatic carbocycles. The van der Waals surface area contributed by atoms with Gasteiger partial charge in [-0.1, -0.05) is 24.3 Å². The lowest BCUT2D eigenvalue weighted by atomic mass is 9.92. The average molecular weight is 388 g/mol. The number of amides is 1. The van der Waals surface area contributed by atoms with Crippen LogP contribution in [0.2, 0.25) is 0 Å². The Morgan fingerprint density at radius 2 is 1.55 bits per heavy atom. The first-order chi connectivity index (χ1) is 14.0. The summed E-state index contributed by atoms with van der Waals surface area (Å²) in [5.74, 6) is -0.970. The average Bonchev–Trinajstić information content (AvgIpc) is 2.72. The Balaban J connectivity index is 1.55. The van der Waals surface area contributed by atoms with Gasteiger partial charge in [-0.05, 0) is 57.4 Å². The molecule has 1 aliphatic carbocycles. The second-order valence-corrected chi connectivity index (χ2v) is 7.84. The molecule has 1 heterocycles. The normalized spacial score (nSPS) is 21.4. The number of hydrogen-bond acceptors (Lipinski definition) is 4. The Kier molecular flexibility index (Phi) is 5.05. The molecule has 5 heteroatoms. The van der Waals surface area contributed by atoms with Gasteiger partial charge in [0.2, 0.25) is 11.6 Å². The van der Waals surface area contributed by atoms with Crippen molar-refractivity contribution in [1.82, 2.24) is 4.90 Å². The number of carbonyl (C=O) groups is 3.